The van der Waals surface area contributed by atoms with Crippen LogP contribution in [-0.2, 0) is 6.42 Å². The van der Waals surface area contributed by atoms with Gasteiger partial charge in [0.1, 0.15) is 11.5 Å². The molecule has 0 saturated heterocycles. The average Bonchev–Trinajstić information content (AvgIpc) is 2.67. The van der Waals surface area contributed by atoms with Crippen molar-refractivity contribution in [2.75, 3.05) is 4.90 Å². The highest BCUT2D eigenvalue weighted by atomic mass is 16.3. The number of carbonyl (C=O) groups excluding carboxylic acids is 1. The number of nitrogens with zero attached hydrogens (tertiary/aromatic N) is 3. The van der Waals surface area contributed by atoms with Gasteiger partial charge in [0.05, 0.1) is 11.3 Å². The van der Waals surface area contributed by atoms with E-state index >= 15 is 0 Å². The van der Waals surface area contributed by atoms with Crippen molar-refractivity contribution in [2.24, 2.45) is 0 Å². The minimum atomic E-state index is -0.283. The predicted octanol–water partition coefficient (Wildman–Crippen LogP) is 3.84. The molecule has 3 aromatic rings. The molecule has 0 fully saturated rings. The molecule has 6 heteroatoms. The molecule has 0 bridgehead atoms. The summed E-state index contributed by atoms with van der Waals surface area (Å²) in [7, 11) is 0. The van der Waals surface area contributed by atoms with Crippen LogP contribution in [0.5, 0.6) is 11.5 Å². The molecule has 142 valence electrons. The lowest BCUT2D eigenvalue weighted by molar-refractivity contribution is 0.0972. The van der Waals surface area contributed by atoms with Crippen molar-refractivity contribution in [2.45, 2.75) is 32.7 Å². The van der Waals surface area contributed by atoms with Crippen LogP contribution in [0.1, 0.15) is 34.8 Å². The zero-order valence-electron chi connectivity index (χ0n) is 15.8. The van der Waals surface area contributed by atoms with Crippen LogP contribution in [-0.4, -0.2) is 32.4 Å². The zero-order valence-corrected chi connectivity index (χ0v) is 15.8. The van der Waals surface area contributed by atoms with E-state index in [9.17, 15) is 15.0 Å². The lowest BCUT2D eigenvalue weighted by Gasteiger charge is -2.35. The van der Waals surface area contributed by atoms with E-state index < -0.39 is 0 Å². The fourth-order valence-electron chi connectivity index (χ4n) is 3.72. The van der Waals surface area contributed by atoms with Crippen LogP contribution in [0.4, 0.5) is 5.69 Å². The number of phenols is 2. The number of amides is 1. The second-order valence-corrected chi connectivity index (χ2v) is 7.17. The summed E-state index contributed by atoms with van der Waals surface area (Å²) >= 11 is 0. The molecule has 1 atom stereocenters. The Morgan fingerprint density at radius 2 is 1.96 bits per heavy atom. The van der Waals surface area contributed by atoms with Gasteiger partial charge in [0.15, 0.2) is 0 Å². The number of benzene rings is 2. The molecule has 1 amide bonds. The normalized spacial score (nSPS) is 15.9. The molecule has 0 unspecified atom stereocenters. The molecule has 1 aliphatic rings. The maximum atomic E-state index is 13.2. The molecule has 0 spiro atoms. The summed E-state index contributed by atoms with van der Waals surface area (Å²) < 4.78 is 0. The largest absolute Gasteiger partial charge is 0.508 e. The first kappa shape index (κ1) is 18.0. The molecule has 1 aromatic heterocycles. The van der Waals surface area contributed by atoms with Crippen molar-refractivity contribution in [1.29, 1.82) is 0 Å². The molecular formula is C22H21N3O3. The zero-order chi connectivity index (χ0) is 19.8. The summed E-state index contributed by atoms with van der Waals surface area (Å²) in [5.74, 6) is -0.587. The van der Waals surface area contributed by atoms with Crippen molar-refractivity contribution in [3.8, 4) is 22.8 Å². The quantitative estimate of drug-likeness (QED) is 0.711. The molecule has 2 aromatic carbocycles. The van der Waals surface area contributed by atoms with Crippen LogP contribution in [0.15, 0.2) is 48.7 Å². The number of fused-ring (bicyclic) bond motifs is 1. The van der Waals surface area contributed by atoms with Gasteiger partial charge in [0.25, 0.3) is 5.91 Å². The second kappa shape index (κ2) is 6.96. The number of hydrogen-bond donors (Lipinski definition) is 2. The molecular weight excluding hydrogens is 354 g/mol. The molecule has 1 aliphatic heterocycles. The van der Waals surface area contributed by atoms with Gasteiger partial charge in [-0.15, -0.1) is 0 Å². The fourth-order valence-corrected chi connectivity index (χ4v) is 3.72. The Balaban J connectivity index is 1.76. The van der Waals surface area contributed by atoms with Gasteiger partial charge in [0.2, 0.25) is 0 Å². The maximum Gasteiger partial charge on any atom is 0.262 e. The number of carbonyl (C=O) groups is 1. The molecule has 0 saturated carbocycles. The fraction of sp³-hybridized carbons (Fsp3) is 0.227. The van der Waals surface area contributed by atoms with Crippen molar-refractivity contribution >= 4 is 11.6 Å². The first-order valence-electron chi connectivity index (χ1n) is 9.23. The van der Waals surface area contributed by atoms with Gasteiger partial charge >= 0.3 is 0 Å². The SMILES string of the molecule is Cc1ccnnc1-c1ccc2c(c1)CC[C@H](C)N2C(=O)c1ccc(O)cc1O. The summed E-state index contributed by atoms with van der Waals surface area (Å²) in [5.41, 5.74) is 4.91. The second-order valence-electron chi connectivity index (χ2n) is 7.17. The van der Waals surface area contributed by atoms with Crippen molar-refractivity contribution in [1.82, 2.24) is 10.2 Å². The monoisotopic (exact) mass is 375 g/mol. The van der Waals surface area contributed by atoms with Crippen LogP contribution < -0.4 is 4.90 Å². The summed E-state index contributed by atoms with van der Waals surface area (Å²) in [6.07, 6.45) is 3.35. The van der Waals surface area contributed by atoms with E-state index in [2.05, 4.69) is 16.3 Å². The van der Waals surface area contributed by atoms with Gasteiger partial charge in [-0.3, -0.25) is 4.79 Å². The highest BCUT2D eigenvalue weighted by Crippen LogP contribution is 2.36. The van der Waals surface area contributed by atoms with Crippen LogP contribution in [0, 0.1) is 6.92 Å². The Labute approximate surface area is 163 Å². The number of anilines is 1. The number of phenolic OH excluding ortho intramolecular Hbond substituents is 2. The molecule has 28 heavy (non-hydrogen) atoms. The summed E-state index contributed by atoms with van der Waals surface area (Å²) in [5, 5.41) is 27.9. The lowest BCUT2D eigenvalue weighted by Crippen LogP contribution is -2.42. The lowest BCUT2D eigenvalue weighted by atomic mass is 9.93. The average molecular weight is 375 g/mol. The van der Waals surface area contributed by atoms with Crippen LogP contribution in [0.2, 0.25) is 0 Å². The van der Waals surface area contributed by atoms with Crippen molar-refractivity contribution < 1.29 is 15.0 Å². The van der Waals surface area contributed by atoms with Crippen LogP contribution in [0.25, 0.3) is 11.3 Å². The van der Waals surface area contributed by atoms with Gasteiger partial charge in [-0.1, -0.05) is 6.07 Å². The highest BCUT2D eigenvalue weighted by Gasteiger charge is 2.30. The van der Waals surface area contributed by atoms with Crippen molar-refractivity contribution in [3.63, 3.8) is 0 Å². The van der Waals surface area contributed by atoms with E-state index in [1.807, 2.05) is 32.0 Å². The third-order valence-electron chi connectivity index (χ3n) is 5.24. The first-order chi connectivity index (χ1) is 13.5. The van der Waals surface area contributed by atoms with Gasteiger partial charge in [0, 0.05) is 29.6 Å². The van der Waals surface area contributed by atoms with E-state index in [0.717, 1.165) is 40.9 Å². The first-order valence-corrected chi connectivity index (χ1v) is 9.23. The third kappa shape index (κ3) is 3.07. The Morgan fingerprint density at radius 1 is 1.14 bits per heavy atom. The number of rotatable bonds is 2. The Kier molecular flexibility index (Phi) is 4.47. The van der Waals surface area contributed by atoms with Gasteiger partial charge in [-0.2, -0.15) is 10.2 Å². The highest BCUT2D eigenvalue weighted by molar-refractivity contribution is 6.09. The molecule has 2 N–H and O–H groups in total. The van der Waals surface area contributed by atoms with Gasteiger partial charge < -0.3 is 15.1 Å². The molecule has 2 heterocycles. The van der Waals surface area contributed by atoms with E-state index in [0.29, 0.717) is 0 Å². The van der Waals surface area contributed by atoms with Gasteiger partial charge in [-0.05, 0) is 68.1 Å². The number of hydrogen-bond acceptors (Lipinski definition) is 5. The van der Waals surface area contributed by atoms with Crippen LogP contribution >= 0.6 is 0 Å². The minimum absolute atomic E-state index is 0.00249. The van der Waals surface area contributed by atoms with Crippen LogP contribution in [0.3, 0.4) is 0 Å². The third-order valence-corrected chi connectivity index (χ3v) is 5.24. The maximum absolute atomic E-state index is 13.2. The summed E-state index contributed by atoms with van der Waals surface area (Å²) in [6.45, 7) is 3.99. The van der Waals surface area contributed by atoms with E-state index in [1.54, 1.807) is 11.1 Å². The Bertz CT molecular complexity index is 1060. The van der Waals surface area contributed by atoms with E-state index in [4.69, 9.17) is 0 Å². The molecule has 4 rings (SSSR count). The Hall–Kier alpha value is -3.41. The van der Waals surface area contributed by atoms with Crippen molar-refractivity contribution in [3.05, 3.63) is 65.4 Å². The van der Waals surface area contributed by atoms with Gasteiger partial charge in [-0.25, -0.2) is 0 Å². The standard InChI is InChI=1S/C22H21N3O3/c1-13-9-10-23-24-21(13)16-5-8-19-15(11-16)4-3-14(2)25(19)22(28)18-7-6-17(26)12-20(18)27/h5-12,14,26-27H,3-4H2,1-2H3/t14-/m0/s1. The minimum Gasteiger partial charge on any atom is -0.508 e. The smallest absolute Gasteiger partial charge is 0.262 e. The number of aromatic hydroxyl groups is 2. The Morgan fingerprint density at radius 3 is 2.71 bits per heavy atom. The van der Waals surface area contributed by atoms with E-state index in [1.165, 1.54) is 18.2 Å². The number of aromatic nitrogens is 2. The number of aryl methyl sites for hydroxylation is 2. The molecule has 0 aliphatic carbocycles. The predicted molar refractivity (Wildman–Crippen MR) is 107 cm³/mol. The summed E-state index contributed by atoms with van der Waals surface area (Å²) in [6, 6.07) is 11.9. The molecule has 0 radical (unpaired) electrons. The molecule has 6 nitrogen and oxygen atoms in total. The van der Waals surface area contributed by atoms with E-state index in [-0.39, 0.29) is 29.0 Å². The topological polar surface area (TPSA) is 86.6 Å². The summed E-state index contributed by atoms with van der Waals surface area (Å²) in [4.78, 5) is 14.9.